The topological polar surface area (TPSA) is 22.1 Å². The van der Waals surface area contributed by atoms with Crippen LogP contribution in [-0.4, -0.2) is 4.98 Å². The lowest BCUT2D eigenvalue weighted by molar-refractivity contribution is 0.475. The summed E-state index contributed by atoms with van der Waals surface area (Å²) in [6.07, 6.45) is 1.73. The molecule has 1 heterocycles. The molecule has 0 saturated heterocycles. The second-order valence-corrected chi connectivity index (χ2v) is 4.58. The molecular weight excluding hydrogens is 262 g/mol. The van der Waals surface area contributed by atoms with Crippen LogP contribution in [0.3, 0.4) is 0 Å². The standard InChI is InChI=1S/C10H8BrNOS/c1-7-6-8(11)2-3-9(7)13-10-12-4-5-14-10/h2-6H,1H3. The SMILES string of the molecule is Cc1cc(Br)ccc1Oc1nccs1. The summed E-state index contributed by atoms with van der Waals surface area (Å²) in [7, 11) is 0. The molecule has 0 unspecified atom stereocenters. The van der Waals surface area contributed by atoms with Crippen molar-refractivity contribution in [2.24, 2.45) is 0 Å². The summed E-state index contributed by atoms with van der Waals surface area (Å²) >= 11 is 4.89. The van der Waals surface area contributed by atoms with Gasteiger partial charge in [0.2, 0.25) is 0 Å². The van der Waals surface area contributed by atoms with Gasteiger partial charge in [0, 0.05) is 16.0 Å². The van der Waals surface area contributed by atoms with Gasteiger partial charge in [-0.1, -0.05) is 27.3 Å². The van der Waals surface area contributed by atoms with Crippen molar-refractivity contribution in [1.82, 2.24) is 4.98 Å². The van der Waals surface area contributed by atoms with Gasteiger partial charge in [0.25, 0.3) is 5.19 Å². The van der Waals surface area contributed by atoms with Crippen molar-refractivity contribution in [2.75, 3.05) is 0 Å². The number of nitrogens with zero attached hydrogens (tertiary/aromatic N) is 1. The molecule has 0 aliphatic heterocycles. The maximum absolute atomic E-state index is 5.59. The lowest BCUT2D eigenvalue weighted by atomic mass is 10.2. The third kappa shape index (κ3) is 2.13. The first-order valence-electron chi connectivity index (χ1n) is 4.09. The molecule has 2 rings (SSSR count). The molecule has 0 radical (unpaired) electrons. The molecule has 0 spiro atoms. The molecule has 2 aromatic rings. The summed E-state index contributed by atoms with van der Waals surface area (Å²) in [6.45, 7) is 2.01. The van der Waals surface area contributed by atoms with E-state index in [9.17, 15) is 0 Å². The maximum atomic E-state index is 5.59. The Morgan fingerprint density at radius 3 is 2.93 bits per heavy atom. The molecule has 0 fully saturated rings. The number of thiazole rings is 1. The van der Waals surface area contributed by atoms with Crippen LogP contribution in [0.5, 0.6) is 10.9 Å². The number of halogens is 1. The molecule has 72 valence electrons. The first-order valence-corrected chi connectivity index (χ1v) is 5.76. The number of hydrogen-bond donors (Lipinski definition) is 0. The average Bonchev–Trinajstić information content (AvgIpc) is 2.62. The molecule has 4 heteroatoms. The van der Waals surface area contributed by atoms with E-state index in [1.807, 2.05) is 30.5 Å². The van der Waals surface area contributed by atoms with Crippen LogP contribution in [0.15, 0.2) is 34.2 Å². The van der Waals surface area contributed by atoms with Crippen molar-refractivity contribution in [1.29, 1.82) is 0 Å². The summed E-state index contributed by atoms with van der Waals surface area (Å²) < 4.78 is 6.65. The Balaban J connectivity index is 2.25. The quantitative estimate of drug-likeness (QED) is 0.822. The van der Waals surface area contributed by atoms with E-state index in [1.165, 1.54) is 11.3 Å². The Morgan fingerprint density at radius 1 is 1.43 bits per heavy atom. The fourth-order valence-electron chi connectivity index (χ4n) is 1.08. The Kier molecular flexibility index (Phi) is 2.84. The molecule has 0 amide bonds. The molecule has 1 aromatic heterocycles. The second kappa shape index (κ2) is 4.11. The van der Waals surface area contributed by atoms with Crippen molar-refractivity contribution in [2.45, 2.75) is 6.92 Å². The van der Waals surface area contributed by atoms with E-state index in [0.717, 1.165) is 15.8 Å². The molecule has 0 bridgehead atoms. The molecule has 0 saturated carbocycles. The monoisotopic (exact) mass is 269 g/mol. The van der Waals surface area contributed by atoms with Crippen LogP contribution in [0.25, 0.3) is 0 Å². The van der Waals surface area contributed by atoms with Crippen LogP contribution in [-0.2, 0) is 0 Å². The average molecular weight is 270 g/mol. The highest BCUT2D eigenvalue weighted by molar-refractivity contribution is 9.10. The van der Waals surface area contributed by atoms with Crippen molar-refractivity contribution < 1.29 is 4.74 Å². The number of ether oxygens (including phenoxy) is 1. The van der Waals surface area contributed by atoms with Gasteiger partial charge in [-0.3, -0.25) is 0 Å². The third-order valence-corrected chi connectivity index (χ3v) is 2.89. The van der Waals surface area contributed by atoms with Crippen LogP contribution in [0.4, 0.5) is 0 Å². The third-order valence-electron chi connectivity index (χ3n) is 1.74. The van der Waals surface area contributed by atoms with Gasteiger partial charge in [0.05, 0.1) is 0 Å². The molecule has 14 heavy (non-hydrogen) atoms. The van der Waals surface area contributed by atoms with Crippen molar-refractivity contribution in [3.05, 3.63) is 39.8 Å². The minimum Gasteiger partial charge on any atom is -0.431 e. The van der Waals surface area contributed by atoms with Gasteiger partial charge in [-0.15, -0.1) is 0 Å². The van der Waals surface area contributed by atoms with Gasteiger partial charge in [0.1, 0.15) is 5.75 Å². The van der Waals surface area contributed by atoms with Gasteiger partial charge < -0.3 is 4.74 Å². The highest BCUT2D eigenvalue weighted by Gasteiger charge is 2.02. The van der Waals surface area contributed by atoms with Crippen molar-refractivity contribution in [3.8, 4) is 10.9 Å². The second-order valence-electron chi connectivity index (χ2n) is 2.81. The van der Waals surface area contributed by atoms with E-state index in [0.29, 0.717) is 5.19 Å². The highest BCUT2D eigenvalue weighted by atomic mass is 79.9. The lowest BCUT2D eigenvalue weighted by Crippen LogP contribution is -1.86. The van der Waals surface area contributed by atoms with Crippen molar-refractivity contribution in [3.63, 3.8) is 0 Å². The highest BCUT2D eigenvalue weighted by Crippen LogP contribution is 2.28. The van der Waals surface area contributed by atoms with Crippen LogP contribution in [0.1, 0.15) is 5.56 Å². The molecular formula is C10H8BrNOS. The number of aromatic nitrogens is 1. The summed E-state index contributed by atoms with van der Waals surface area (Å²) in [6, 6.07) is 5.90. The zero-order chi connectivity index (χ0) is 9.97. The molecule has 2 nitrogen and oxygen atoms in total. The zero-order valence-electron chi connectivity index (χ0n) is 7.53. The number of rotatable bonds is 2. The van der Waals surface area contributed by atoms with Crippen LogP contribution >= 0.6 is 27.3 Å². The number of benzene rings is 1. The van der Waals surface area contributed by atoms with E-state index in [2.05, 4.69) is 20.9 Å². The predicted molar refractivity (Wildman–Crippen MR) is 61.1 cm³/mol. The summed E-state index contributed by atoms with van der Waals surface area (Å²) in [5.41, 5.74) is 1.09. The summed E-state index contributed by atoms with van der Waals surface area (Å²) in [5, 5.41) is 2.57. The largest absolute Gasteiger partial charge is 0.431 e. The minimum absolute atomic E-state index is 0.676. The van der Waals surface area contributed by atoms with Gasteiger partial charge in [-0.05, 0) is 30.7 Å². The van der Waals surface area contributed by atoms with Crippen LogP contribution < -0.4 is 4.74 Å². The minimum atomic E-state index is 0.676. The van der Waals surface area contributed by atoms with Crippen LogP contribution in [0.2, 0.25) is 0 Å². The molecule has 0 aliphatic rings. The zero-order valence-corrected chi connectivity index (χ0v) is 9.93. The van der Waals surface area contributed by atoms with E-state index in [1.54, 1.807) is 6.20 Å². The van der Waals surface area contributed by atoms with Gasteiger partial charge >= 0.3 is 0 Å². The smallest absolute Gasteiger partial charge is 0.278 e. The summed E-state index contributed by atoms with van der Waals surface area (Å²) in [4.78, 5) is 4.06. The normalized spacial score (nSPS) is 10.1. The Morgan fingerprint density at radius 2 is 2.29 bits per heavy atom. The predicted octanol–water partition coefficient (Wildman–Crippen LogP) is 4.01. The Labute approximate surface area is 94.7 Å². The van der Waals surface area contributed by atoms with Gasteiger partial charge in [-0.25, -0.2) is 4.98 Å². The van der Waals surface area contributed by atoms with E-state index in [4.69, 9.17) is 4.74 Å². The Bertz CT molecular complexity index is 428. The molecule has 0 atom stereocenters. The molecule has 0 aliphatic carbocycles. The van der Waals surface area contributed by atoms with Gasteiger partial charge in [-0.2, -0.15) is 0 Å². The lowest BCUT2D eigenvalue weighted by Gasteiger charge is -2.05. The molecule has 0 N–H and O–H groups in total. The van der Waals surface area contributed by atoms with Gasteiger partial charge in [0.15, 0.2) is 0 Å². The van der Waals surface area contributed by atoms with Crippen LogP contribution in [0, 0.1) is 6.92 Å². The number of aryl methyl sites for hydroxylation is 1. The first kappa shape index (κ1) is 9.68. The fourth-order valence-corrected chi connectivity index (χ4v) is 2.06. The van der Waals surface area contributed by atoms with E-state index >= 15 is 0 Å². The van der Waals surface area contributed by atoms with Crippen molar-refractivity contribution >= 4 is 27.3 Å². The first-order chi connectivity index (χ1) is 6.75. The summed E-state index contributed by atoms with van der Waals surface area (Å²) in [5.74, 6) is 0.850. The molecule has 1 aromatic carbocycles. The van der Waals surface area contributed by atoms with E-state index in [-0.39, 0.29) is 0 Å². The maximum Gasteiger partial charge on any atom is 0.278 e. The number of hydrogen-bond acceptors (Lipinski definition) is 3. The van der Waals surface area contributed by atoms with E-state index < -0.39 is 0 Å². The Hall–Kier alpha value is -0.870. The fraction of sp³-hybridized carbons (Fsp3) is 0.100.